The number of hydrogen-bond acceptors (Lipinski definition) is 4. The maximum Gasteiger partial charge on any atom is 0.222 e. The number of nitrogens with zero attached hydrogens (tertiary/aromatic N) is 2. The Morgan fingerprint density at radius 1 is 1.08 bits per heavy atom. The molecule has 0 aliphatic heterocycles. The van der Waals surface area contributed by atoms with E-state index >= 15 is 0 Å². The lowest BCUT2D eigenvalue weighted by Gasteiger charge is -2.19. The van der Waals surface area contributed by atoms with Crippen LogP contribution in [0.1, 0.15) is 26.3 Å². The van der Waals surface area contributed by atoms with Crippen molar-refractivity contribution in [1.82, 2.24) is 4.57 Å². The fourth-order valence-electron chi connectivity index (χ4n) is 2.89. The summed E-state index contributed by atoms with van der Waals surface area (Å²) in [6, 6.07) is 15.3. The standard InChI is InChI=1S/C20H22N2O3/c1-20(2,3)14-8-10-15(11-9-14)25-13-12-22-17-7-5-4-6-16(17)18(21-24)19(22)23/h4-11,23H,12-13H2,1-3H3. The number of para-hydroxylation sites is 1. The molecule has 0 unspecified atom stereocenters. The molecule has 0 spiro atoms. The minimum Gasteiger partial charge on any atom is -0.493 e. The van der Waals surface area contributed by atoms with Gasteiger partial charge in [0.05, 0.1) is 12.1 Å². The Hall–Kier alpha value is -2.82. The van der Waals surface area contributed by atoms with Crippen molar-refractivity contribution in [1.29, 1.82) is 0 Å². The molecule has 5 heteroatoms. The van der Waals surface area contributed by atoms with Crippen molar-refractivity contribution in [2.75, 3.05) is 6.61 Å². The summed E-state index contributed by atoms with van der Waals surface area (Å²) in [4.78, 5) is 11.0. The zero-order valence-electron chi connectivity index (χ0n) is 14.7. The van der Waals surface area contributed by atoms with Crippen molar-refractivity contribution >= 4 is 16.6 Å². The molecule has 130 valence electrons. The highest BCUT2D eigenvalue weighted by atomic mass is 16.5. The molecule has 0 amide bonds. The average molecular weight is 338 g/mol. The molecule has 3 aromatic rings. The summed E-state index contributed by atoms with van der Waals surface area (Å²) in [6.45, 7) is 7.30. The molecule has 1 aromatic heterocycles. The third kappa shape index (κ3) is 3.36. The molecule has 0 saturated carbocycles. The van der Waals surface area contributed by atoms with E-state index in [1.807, 2.05) is 30.3 Å². The van der Waals surface area contributed by atoms with Gasteiger partial charge in [-0.2, -0.15) is 0 Å². The van der Waals surface area contributed by atoms with Crippen molar-refractivity contribution < 1.29 is 9.84 Å². The Morgan fingerprint density at radius 2 is 1.76 bits per heavy atom. The van der Waals surface area contributed by atoms with Gasteiger partial charge >= 0.3 is 0 Å². The molecule has 0 fully saturated rings. The van der Waals surface area contributed by atoms with Crippen molar-refractivity contribution in [2.24, 2.45) is 5.18 Å². The fourth-order valence-corrected chi connectivity index (χ4v) is 2.89. The van der Waals surface area contributed by atoms with Crippen LogP contribution in [0.15, 0.2) is 53.7 Å². The average Bonchev–Trinajstić information content (AvgIpc) is 2.86. The summed E-state index contributed by atoms with van der Waals surface area (Å²) < 4.78 is 7.43. The molecule has 0 atom stereocenters. The largest absolute Gasteiger partial charge is 0.493 e. The minimum absolute atomic E-state index is 0.0742. The van der Waals surface area contributed by atoms with Gasteiger partial charge in [-0.15, -0.1) is 4.91 Å². The molecule has 0 saturated heterocycles. The van der Waals surface area contributed by atoms with Crippen molar-refractivity contribution in [3.05, 3.63) is 59.0 Å². The van der Waals surface area contributed by atoms with E-state index in [1.165, 1.54) is 5.56 Å². The molecule has 1 N–H and O–H groups in total. The number of aromatic hydroxyl groups is 1. The Balaban J connectivity index is 1.73. The predicted octanol–water partition coefficient (Wildman–Crippen LogP) is 5.12. The number of rotatable bonds is 5. The van der Waals surface area contributed by atoms with Crippen LogP contribution in [0.2, 0.25) is 0 Å². The van der Waals surface area contributed by atoms with Gasteiger partial charge < -0.3 is 14.4 Å². The van der Waals surface area contributed by atoms with Crippen LogP contribution in [0.5, 0.6) is 11.6 Å². The van der Waals surface area contributed by atoms with E-state index in [0.29, 0.717) is 18.5 Å². The zero-order valence-corrected chi connectivity index (χ0v) is 14.7. The van der Waals surface area contributed by atoms with Crippen molar-refractivity contribution in [3.8, 4) is 11.6 Å². The van der Waals surface area contributed by atoms with Gasteiger partial charge in [0.2, 0.25) is 5.88 Å². The monoisotopic (exact) mass is 338 g/mol. The van der Waals surface area contributed by atoms with Gasteiger partial charge in [-0.3, -0.25) is 0 Å². The first-order valence-electron chi connectivity index (χ1n) is 8.28. The first-order valence-corrected chi connectivity index (χ1v) is 8.28. The maximum absolute atomic E-state index is 11.0. The van der Waals surface area contributed by atoms with E-state index in [9.17, 15) is 10.0 Å². The fraction of sp³-hybridized carbons (Fsp3) is 0.300. The number of ether oxygens (including phenoxy) is 1. The highest BCUT2D eigenvalue weighted by Gasteiger charge is 2.17. The summed E-state index contributed by atoms with van der Waals surface area (Å²) in [7, 11) is 0. The third-order valence-corrected chi connectivity index (χ3v) is 4.31. The number of hydrogen-bond donors (Lipinski definition) is 1. The first kappa shape index (κ1) is 17.0. The second kappa shape index (κ2) is 6.59. The third-order valence-electron chi connectivity index (χ3n) is 4.31. The van der Waals surface area contributed by atoms with Crippen LogP contribution in [0, 0.1) is 4.91 Å². The second-order valence-corrected chi connectivity index (χ2v) is 7.06. The smallest absolute Gasteiger partial charge is 0.222 e. The minimum atomic E-state index is -0.122. The molecule has 0 bridgehead atoms. The van der Waals surface area contributed by atoms with Gasteiger partial charge in [-0.25, -0.2) is 0 Å². The number of fused-ring (bicyclic) bond motifs is 1. The Bertz CT molecular complexity index is 890. The number of aromatic nitrogens is 1. The predicted molar refractivity (Wildman–Crippen MR) is 99.7 cm³/mol. The van der Waals surface area contributed by atoms with Gasteiger partial charge in [0.25, 0.3) is 0 Å². The van der Waals surface area contributed by atoms with Gasteiger partial charge in [0, 0.05) is 5.39 Å². The Kier molecular flexibility index (Phi) is 4.49. The van der Waals surface area contributed by atoms with E-state index in [0.717, 1.165) is 11.3 Å². The zero-order chi connectivity index (χ0) is 18.0. The van der Waals surface area contributed by atoms with Gasteiger partial charge in [-0.05, 0) is 34.4 Å². The van der Waals surface area contributed by atoms with Gasteiger partial charge in [0.1, 0.15) is 12.4 Å². The normalized spacial score (nSPS) is 11.6. The van der Waals surface area contributed by atoms with E-state index < -0.39 is 0 Å². The molecular formula is C20H22N2O3. The molecular weight excluding hydrogens is 316 g/mol. The highest BCUT2D eigenvalue weighted by molar-refractivity contribution is 5.95. The molecule has 0 aliphatic rings. The van der Waals surface area contributed by atoms with Crippen LogP contribution < -0.4 is 4.74 Å². The van der Waals surface area contributed by atoms with Crippen LogP contribution in [0.3, 0.4) is 0 Å². The first-order chi connectivity index (χ1) is 11.9. The summed E-state index contributed by atoms with van der Waals surface area (Å²) >= 11 is 0. The molecule has 1 heterocycles. The van der Waals surface area contributed by atoms with Gasteiger partial charge in [-0.1, -0.05) is 51.1 Å². The van der Waals surface area contributed by atoms with Crippen LogP contribution in [0.25, 0.3) is 10.9 Å². The van der Waals surface area contributed by atoms with Crippen LogP contribution in [-0.2, 0) is 12.0 Å². The topological polar surface area (TPSA) is 63.8 Å². The van der Waals surface area contributed by atoms with E-state index in [2.05, 4.69) is 38.1 Å². The van der Waals surface area contributed by atoms with E-state index in [-0.39, 0.29) is 17.0 Å². The van der Waals surface area contributed by atoms with Crippen molar-refractivity contribution in [3.63, 3.8) is 0 Å². The van der Waals surface area contributed by atoms with Crippen LogP contribution in [0.4, 0.5) is 5.69 Å². The quantitative estimate of drug-likeness (QED) is 0.657. The number of benzene rings is 2. The summed E-state index contributed by atoms with van der Waals surface area (Å²) in [5.74, 6) is 0.653. The van der Waals surface area contributed by atoms with Crippen LogP contribution in [-0.4, -0.2) is 16.3 Å². The molecule has 0 aliphatic carbocycles. The second-order valence-electron chi connectivity index (χ2n) is 7.06. The lowest BCUT2D eigenvalue weighted by Crippen LogP contribution is -2.11. The Morgan fingerprint density at radius 3 is 2.40 bits per heavy atom. The SMILES string of the molecule is CC(C)(C)c1ccc(OCCn2c(O)c(N=O)c3ccccc32)cc1. The molecule has 2 aromatic carbocycles. The molecule has 25 heavy (non-hydrogen) atoms. The Labute approximate surface area is 146 Å². The summed E-state index contributed by atoms with van der Waals surface area (Å²) in [5, 5.41) is 13.8. The molecule has 0 radical (unpaired) electrons. The van der Waals surface area contributed by atoms with E-state index in [4.69, 9.17) is 4.74 Å². The lowest BCUT2D eigenvalue weighted by molar-refractivity contribution is 0.290. The summed E-state index contributed by atoms with van der Waals surface area (Å²) in [6.07, 6.45) is 0. The van der Waals surface area contributed by atoms with E-state index in [1.54, 1.807) is 10.6 Å². The van der Waals surface area contributed by atoms with Crippen LogP contribution >= 0.6 is 0 Å². The van der Waals surface area contributed by atoms with Crippen molar-refractivity contribution in [2.45, 2.75) is 32.7 Å². The molecule has 3 rings (SSSR count). The summed E-state index contributed by atoms with van der Waals surface area (Å²) in [5.41, 5.74) is 2.19. The lowest BCUT2D eigenvalue weighted by atomic mass is 9.87. The van der Waals surface area contributed by atoms with Gasteiger partial charge in [0.15, 0.2) is 5.69 Å². The molecule has 5 nitrogen and oxygen atoms in total. The highest BCUT2D eigenvalue weighted by Crippen LogP contribution is 2.38. The number of nitroso groups, excluding NO2 is 1. The maximum atomic E-state index is 11.0.